The van der Waals surface area contributed by atoms with Crippen molar-refractivity contribution >= 4 is 17.5 Å². The minimum absolute atomic E-state index is 0.142. The highest BCUT2D eigenvalue weighted by molar-refractivity contribution is 5.97. The molecule has 1 unspecified atom stereocenters. The molecule has 1 atom stereocenters. The van der Waals surface area contributed by atoms with Crippen LogP contribution in [0.15, 0.2) is 30.6 Å². The summed E-state index contributed by atoms with van der Waals surface area (Å²) in [4.78, 5) is 26.6. The Balaban J connectivity index is 1.62. The number of aromatic nitrogens is 4. The normalized spacial score (nSPS) is 17.3. The molecule has 0 aliphatic carbocycles. The number of aryl methyl sites for hydroxylation is 1. The number of hydrogen-bond donors (Lipinski definition) is 2. The first kappa shape index (κ1) is 17.0. The van der Waals surface area contributed by atoms with Crippen LogP contribution >= 0.6 is 0 Å². The quantitative estimate of drug-likeness (QED) is 0.765. The first-order valence-electron chi connectivity index (χ1n) is 7.91. The first-order valence-corrected chi connectivity index (χ1v) is 7.91. The average Bonchev–Trinajstić information content (AvgIpc) is 3.15. The van der Waals surface area contributed by atoms with Gasteiger partial charge >= 0.3 is 0 Å². The maximum Gasteiger partial charge on any atom is 0.248 e. The van der Waals surface area contributed by atoms with Crippen LogP contribution in [0.2, 0.25) is 0 Å². The molecule has 9 nitrogen and oxygen atoms in total. The smallest absolute Gasteiger partial charge is 0.248 e. The van der Waals surface area contributed by atoms with Gasteiger partial charge in [-0.1, -0.05) is 0 Å². The van der Waals surface area contributed by atoms with Gasteiger partial charge in [-0.15, -0.1) is 5.10 Å². The highest BCUT2D eigenvalue weighted by Gasteiger charge is 2.31. The summed E-state index contributed by atoms with van der Waals surface area (Å²) in [5, 5.41) is 16.6. The van der Waals surface area contributed by atoms with Gasteiger partial charge in [-0.05, 0) is 34.7 Å². The van der Waals surface area contributed by atoms with E-state index in [0.717, 1.165) is 0 Å². The highest BCUT2D eigenvalue weighted by atomic mass is 19.1. The molecule has 1 aliphatic rings. The molecule has 2 amide bonds. The Hall–Kier alpha value is -2.88. The lowest BCUT2D eigenvalue weighted by atomic mass is 10.1. The van der Waals surface area contributed by atoms with Crippen LogP contribution in [0.5, 0.6) is 0 Å². The Labute approximate surface area is 143 Å². The monoisotopic (exact) mass is 347 g/mol. The van der Waals surface area contributed by atoms with E-state index in [0.29, 0.717) is 31.9 Å². The third-order valence-electron chi connectivity index (χ3n) is 3.92. The van der Waals surface area contributed by atoms with Crippen molar-refractivity contribution in [3.63, 3.8) is 0 Å². The molecule has 0 saturated carbocycles. The molecule has 1 aliphatic heterocycles. The van der Waals surface area contributed by atoms with Gasteiger partial charge in [-0.3, -0.25) is 9.59 Å². The summed E-state index contributed by atoms with van der Waals surface area (Å²) < 4.78 is 14.4. The number of tetrazole rings is 1. The maximum absolute atomic E-state index is 13.0. The summed E-state index contributed by atoms with van der Waals surface area (Å²) in [7, 11) is 0. The van der Waals surface area contributed by atoms with Crippen LogP contribution in [-0.2, 0) is 16.1 Å². The summed E-state index contributed by atoms with van der Waals surface area (Å²) in [6.07, 6.45) is 1.63. The first-order chi connectivity index (χ1) is 12.1. The molecular weight excluding hydrogens is 329 g/mol. The van der Waals surface area contributed by atoms with Crippen molar-refractivity contribution in [2.24, 2.45) is 0 Å². The Bertz CT molecular complexity index is 720. The largest absolute Gasteiger partial charge is 0.328 e. The van der Waals surface area contributed by atoms with Gasteiger partial charge in [0.25, 0.3) is 0 Å². The third-order valence-corrected chi connectivity index (χ3v) is 3.92. The second-order valence-electron chi connectivity index (χ2n) is 5.63. The van der Waals surface area contributed by atoms with Crippen molar-refractivity contribution in [1.82, 2.24) is 30.4 Å². The van der Waals surface area contributed by atoms with Gasteiger partial charge in [-0.25, -0.2) is 9.07 Å². The molecule has 0 bridgehead atoms. The van der Waals surface area contributed by atoms with E-state index in [4.69, 9.17) is 0 Å². The molecule has 2 N–H and O–H groups in total. The fourth-order valence-corrected chi connectivity index (χ4v) is 2.63. The lowest BCUT2D eigenvalue weighted by molar-refractivity contribution is -0.139. The van der Waals surface area contributed by atoms with Crippen LogP contribution in [0.4, 0.5) is 10.1 Å². The molecule has 0 radical (unpaired) electrons. The number of nitrogens with one attached hydrogen (secondary N) is 2. The standard InChI is InChI=1S/C15H18FN7O2/c16-11-1-3-12(4-2-11)19-15(25)13-9-17-6-8-23(13)14(24)5-7-22-10-18-20-21-22/h1-4,10,13,17H,5-9H2,(H,19,25). The third kappa shape index (κ3) is 4.35. The Morgan fingerprint density at radius 3 is 2.84 bits per heavy atom. The lowest BCUT2D eigenvalue weighted by Gasteiger charge is -2.35. The summed E-state index contributed by atoms with van der Waals surface area (Å²) in [6, 6.07) is 4.87. The SMILES string of the molecule is O=C(Nc1ccc(F)cc1)C1CNCCN1C(=O)CCn1cnnn1. The summed E-state index contributed by atoms with van der Waals surface area (Å²) >= 11 is 0. The molecule has 10 heteroatoms. The van der Waals surface area contributed by atoms with Crippen LogP contribution in [0.3, 0.4) is 0 Å². The van der Waals surface area contributed by atoms with Gasteiger partial charge in [-0.2, -0.15) is 0 Å². The van der Waals surface area contributed by atoms with Crippen molar-refractivity contribution in [3.05, 3.63) is 36.4 Å². The number of hydrogen-bond acceptors (Lipinski definition) is 6. The van der Waals surface area contributed by atoms with E-state index in [1.807, 2.05) is 0 Å². The highest BCUT2D eigenvalue weighted by Crippen LogP contribution is 2.12. The lowest BCUT2D eigenvalue weighted by Crippen LogP contribution is -2.58. The Morgan fingerprint density at radius 2 is 2.12 bits per heavy atom. The summed E-state index contributed by atoms with van der Waals surface area (Å²) in [5.41, 5.74) is 0.484. The number of nitrogens with zero attached hydrogens (tertiary/aromatic N) is 5. The minimum Gasteiger partial charge on any atom is -0.328 e. The van der Waals surface area contributed by atoms with E-state index in [1.165, 1.54) is 35.3 Å². The van der Waals surface area contributed by atoms with E-state index in [2.05, 4.69) is 26.2 Å². The maximum atomic E-state index is 13.0. The number of carbonyl (C=O) groups excluding carboxylic acids is 2. The van der Waals surface area contributed by atoms with E-state index in [-0.39, 0.29) is 24.1 Å². The van der Waals surface area contributed by atoms with Gasteiger partial charge in [0.15, 0.2) is 0 Å². The second kappa shape index (κ2) is 7.79. The predicted molar refractivity (Wildman–Crippen MR) is 85.8 cm³/mol. The van der Waals surface area contributed by atoms with Gasteiger partial charge in [0, 0.05) is 31.7 Å². The topological polar surface area (TPSA) is 105 Å². The molecule has 2 heterocycles. The molecule has 1 fully saturated rings. The minimum atomic E-state index is -0.625. The van der Waals surface area contributed by atoms with Crippen LogP contribution in [-0.4, -0.2) is 62.6 Å². The number of amides is 2. The number of halogens is 1. The molecule has 1 saturated heterocycles. The molecule has 2 aromatic rings. The fourth-order valence-electron chi connectivity index (χ4n) is 2.63. The van der Waals surface area contributed by atoms with Crippen LogP contribution in [0.25, 0.3) is 0 Å². The molecule has 1 aromatic heterocycles. The van der Waals surface area contributed by atoms with Crippen LogP contribution in [0.1, 0.15) is 6.42 Å². The number of piperazine rings is 1. The number of benzene rings is 1. The second-order valence-corrected chi connectivity index (χ2v) is 5.63. The van der Waals surface area contributed by atoms with Crippen molar-refractivity contribution in [2.45, 2.75) is 19.0 Å². The van der Waals surface area contributed by atoms with Crippen molar-refractivity contribution in [3.8, 4) is 0 Å². The molecule has 3 rings (SSSR count). The van der Waals surface area contributed by atoms with Crippen molar-refractivity contribution in [1.29, 1.82) is 0 Å². The number of carbonyl (C=O) groups is 2. The fraction of sp³-hybridized carbons (Fsp3) is 0.400. The Morgan fingerprint density at radius 1 is 1.32 bits per heavy atom. The molecule has 0 spiro atoms. The zero-order valence-electron chi connectivity index (χ0n) is 13.4. The van der Waals surface area contributed by atoms with Crippen molar-refractivity contribution in [2.75, 3.05) is 25.0 Å². The number of rotatable bonds is 5. The molecule has 1 aromatic carbocycles. The van der Waals surface area contributed by atoms with Gasteiger partial charge < -0.3 is 15.5 Å². The van der Waals surface area contributed by atoms with Gasteiger partial charge in [0.2, 0.25) is 11.8 Å². The van der Waals surface area contributed by atoms with Gasteiger partial charge in [0.05, 0.1) is 6.54 Å². The Kier molecular flexibility index (Phi) is 5.29. The molecule has 132 valence electrons. The van der Waals surface area contributed by atoms with Crippen LogP contribution < -0.4 is 10.6 Å². The molecular formula is C15H18FN7O2. The summed E-state index contributed by atoms with van der Waals surface area (Å²) in [6.45, 7) is 1.78. The van der Waals surface area contributed by atoms with Gasteiger partial charge in [0.1, 0.15) is 18.2 Å². The van der Waals surface area contributed by atoms with E-state index >= 15 is 0 Å². The molecule has 25 heavy (non-hydrogen) atoms. The number of anilines is 1. The van der Waals surface area contributed by atoms with Crippen LogP contribution in [0, 0.1) is 5.82 Å². The van der Waals surface area contributed by atoms with E-state index in [9.17, 15) is 14.0 Å². The van der Waals surface area contributed by atoms with Crippen molar-refractivity contribution < 1.29 is 14.0 Å². The zero-order chi connectivity index (χ0) is 17.6. The zero-order valence-corrected chi connectivity index (χ0v) is 13.4. The predicted octanol–water partition coefficient (Wildman–Crippen LogP) is -0.359. The van der Waals surface area contributed by atoms with E-state index in [1.54, 1.807) is 4.90 Å². The van der Waals surface area contributed by atoms with E-state index < -0.39 is 6.04 Å². The average molecular weight is 347 g/mol. The summed E-state index contributed by atoms with van der Waals surface area (Å²) in [5.74, 6) is -0.831.